The van der Waals surface area contributed by atoms with Crippen molar-refractivity contribution in [1.82, 2.24) is 5.32 Å². The van der Waals surface area contributed by atoms with Gasteiger partial charge >= 0.3 is 6.18 Å². The first kappa shape index (κ1) is 16.8. The molecule has 1 N–H and O–H groups in total. The van der Waals surface area contributed by atoms with Crippen molar-refractivity contribution in [2.24, 2.45) is 5.92 Å². The first-order chi connectivity index (χ1) is 9.77. The molecule has 0 spiro atoms. The molecule has 0 aliphatic heterocycles. The highest BCUT2D eigenvalue weighted by Gasteiger charge is 2.35. The van der Waals surface area contributed by atoms with E-state index in [0.29, 0.717) is 21.8 Å². The molecule has 1 fully saturated rings. The monoisotopic (exact) mass is 427 g/mol. The molecule has 1 aromatic rings. The molecule has 2 unspecified atom stereocenters. The van der Waals surface area contributed by atoms with Crippen molar-refractivity contribution in [3.8, 4) is 0 Å². The maximum absolute atomic E-state index is 13.0. The number of alkyl halides is 4. The summed E-state index contributed by atoms with van der Waals surface area (Å²) >= 11 is 6.51. The van der Waals surface area contributed by atoms with Crippen LogP contribution in [0.3, 0.4) is 0 Å². The molecule has 0 heterocycles. The van der Waals surface area contributed by atoms with E-state index in [1.807, 2.05) is 0 Å². The second kappa shape index (κ2) is 6.69. The summed E-state index contributed by atoms with van der Waals surface area (Å²) in [5.74, 6) is -0.351. The van der Waals surface area contributed by atoms with Gasteiger partial charge < -0.3 is 5.32 Å². The fraction of sp³-hybridized carbons (Fsp3) is 0.500. The second-order valence-corrected chi connectivity index (χ2v) is 7.38. The van der Waals surface area contributed by atoms with Crippen LogP contribution in [-0.2, 0) is 6.18 Å². The van der Waals surface area contributed by atoms with Gasteiger partial charge in [0, 0.05) is 15.8 Å². The third kappa shape index (κ3) is 4.45. The number of halogens is 5. The molecule has 1 amide bonds. The maximum Gasteiger partial charge on any atom is 0.417 e. The molecule has 21 heavy (non-hydrogen) atoms. The number of carbonyl (C=O) groups excluding carboxylic acids is 1. The molecule has 2 rings (SSSR count). The Hall–Kier alpha value is -0.560. The highest BCUT2D eigenvalue weighted by atomic mass is 79.9. The Labute approximate surface area is 137 Å². The van der Waals surface area contributed by atoms with E-state index in [1.165, 1.54) is 12.1 Å². The molecule has 1 saturated carbocycles. The smallest absolute Gasteiger partial charge is 0.352 e. The lowest BCUT2D eigenvalue weighted by Crippen LogP contribution is -2.30. The molecule has 116 valence electrons. The number of hydrogen-bond donors (Lipinski definition) is 1. The Morgan fingerprint density at radius 3 is 2.62 bits per heavy atom. The standard InChI is InChI=1S/C14H14Br2F3NO/c15-9-2-1-8(5-9)7-20-13(21)11-4-3-10(16)6-12(11)14(17,18)19/h3-4,6,8-9H,1-2,5,7H2,(H,20,21). The lowest BCUT2D eigenvalue weighted by molar-refractivity contribution is -0.138. The van der Waals surface area contributed by atoms with Crippen molar-refractivity contribution < 1.29 is 18.0 Å². The molecule has 1 aliphatic carbocycles. The molecule has 1 aliphatic rings. The van der Waals surface area contributed by atoms with Crippen LogP contribution in [-0.4, -0.2) is 17.3 Å². The number of nitrogens with one attached hydrogen (secondary N) is 1. The molecule has 1 aromatic carbocycles. The van der Waals surface area contributed by atoms with Crippen molar-refractivity contribution in [2.45, 2.75) is 30.3 Å². The molecule has 2 nitrogen and oxygen atoms in total. The average Bonchev–Trinajstić information content (AvgIpc) is 2.81. The van der Waals surface area contributed by atoms with Crippen LogP contribution >= 0.6 is 31.9 Å². The number of carbonyl (C=O) groups is 1. The largest absolute Gasteiger partial charge is 0.417 e. The Balaban J connectivity index is 2.08. The van der Waals surface area contributed by atoms with Crippen LogP contribution in [0.4, 0.5) is 13.2 Å². The van der Waals surface area contributed by atoms with Crippen molar-refractivity contribution in [1.29, 1.82) is 0 Å². The average molecular weight is 429 g/mol. The number of benzene rings is 1. The van der Waals surface area contributed by atoms with Gasteiger partial charge in [-0.3, -0.25) is 4.79 Å². The van der Waals surface area contributed by atoms with Crippen LogP contribution in [0, 0.1) is 5.92 Å². The van der Waals surface area contributed by atoms with Gasteiger partial charge in [-0.25, -0.2) is 0 Å². The van der Waals surface area contributed by atoms with Gasteiger partial charge in [-0.15, -0.1) is 0 Å². The first-order valence-corrected chi connectivity index (χ1v) is 8.27. The maximum atomic E-state index is 13.0. The lowest BCUT2D eigenvalue weighted by atomic mass is 10.1. The number of amides is 1. The first-order valence-electron chi connectivity index (χ1n) is 6.56. The molecular formula is C14H14Br2F3NO. The molecule has 0 radical (unpaired) electrons. The van der Waals surface area contributed by atoms with Crippen molar-refractivity contribution in [3.05, 3.63) is 33.8 Å². The zero-order valence-electron chi connectivity index (χ0n) is 11.0. The van der Waals surface area contributed by atoms with Crippen LogP contribution in [0.1, 0.15) is 35.2 Å². The van der Waals surface area contributed by atoms with E-state index < -0.39 is 17.6 Å². The van der Waals surface area contributed by atoms with Crippen LogP contribution in [0.2, 0.25) is 0 Å². The van der Waals surface area contributed by atoms with E-state index in [2.05, 4.69) is 37.2 Å². The van der Waals surface area contributed by atoms with Crippen LogP contribution in [0.5, 0.6) is 0 Å². The Bertz CT molecular complexity index is 533. The van der Waals surface area contributed by atoms with Crippen molar-refractivity contribution in [2.75, 3.05) is 6.54 Å². The third-order valence-electron chi connectivity index (χ3n) is 3.56. The molecular weight excluding hydrogens is 415 g/mol. The highest BCUT2D eigenvalue weighted by Crippen LogP contribution is 2.34. The number of hydrogen-bond acceptors (Lipinski definition) is 1. The van der Waals surface area contributed by atoms with E-state index in [-0.39, 0.29) is 5.56 Å². The summed E-state index contributed by atoms with van der Waals surface area (Å²) < 4.78 is 39.2. The van der Waals surface area contributed by atoms with Crippen LogP contribution in [0.15, 0.2) is 22.7 Å². The zero-order valence-corrected chi connectivity index (χ0v) is 14.2. The van der Waals surface area contributed by atoms with Gasteiger partial charge in [-0.2, -0.15) is 13.2 Å². The van der Waals surface area contributed by atoms with Gasteiger partial charge in [0.15, 0.2) is 0 Å². The normalized spacial score (nSPS) is 22.3. The van der Waals surface area contributed by atoms with Gasteiger partial charge in [-0.1, -0.05) is 31.9 Å². The predicted molar refractivity (Wildman–Crippen MR) is 81.5 cm³/mol. The van der Waals surface area contributed by atoms with E-state index >= 15 is 0 Å². The minimum absolute atomic E-state index is 0.296. The summed E-state index contributed by atoms with van der Waals surface area (Å²) in [7, 11) is 0. The quantitative estimate of drug-likeness (QED) is 0.691. The fourth-order valence-electron chi connectivity index (χ4n) is 2.48. The molecule has 2 atom stereocenters. The van der Waals surface area contributed by atoms with Crippen LogP contribution in [0.25, 0.3) is 0 Å². The van der Waals surface area contributed by atoms with Crippen molar-refractivity contribution >= 4 is 37.8 Å². The van der Waals surface area contributed by atoms with E-state index in [4.69, 9.17) is 0 Å². The molecule has 7 heteroatoms. The summed E-state index contributed by atoms with van der Waals surface area (Å²) in [5, 5.41) is 2.62. The molecule has 0 aromatic heterocycles. The minimum Gasteiger partial charge on any atom is -0.352 e. The van der Waals surface area contributed by atoms with E-state index in [1.54, 1.807) is 0 Å². The minimum atomic E-state index is -4.55. The molecule has 0 saturated heterocycles. The van der Waals surface area contributed by atoms with E-state index in [9.17, 15) is 18.0 Å². The van der Waals surface area contributed by atoms with Gasteiger partial charge in [0.2, 0.25) is 0 Å². The van der Waals surface area contributed by atoms with E-state index in [0.717, 1.165) is 25.3 Å². The SMILES string of the molecule is O=C(NCC1CCC(Br)C1)c1ccc(Br)cc1C(F)(F)F. The summed E-state index contributed by atoms with van der Waals surface area (Å²) in [5.41, 5.74) is -1.25. The lowest BCUT2D eigenvalue weighted by Gasteiger charge is -2.15. The van der Waals surface area contributed by atoms with Gasteiger partial charge in [0.25, 0.3) is 5.91 Å². The van der Waals surface area contributed by atoms with Gasteiger partial charge in [0.1, 0.15) is 0 Å². The topological polar surface area (TPSA) is 29.1 Å². The van der Waals surface area contributed by atoms with Gasteiger partial charge in [0.05, 0.1) is 11.1 Å². The summed E-state index contributed by atoms with van der Waals surface area (Å²) in [6.07, 6.45) is -1.60. The summed E-state index contributed by atoms with van der Waals surface area (Å²) in [6, 6.07) is 3.57. The Morgan fingerprint density at radius 1 is 1.33 bits per heavy atom. The summed E-state index contributed by atoms with van der Waals surface area (Å²) in [6.45, 7) is 0.411. The predicted octanol–water partition coefficient (Wildman–Crippen LogP) is 4.76. The van der Waals surface area contributed by atoms with Crippen LogP contribution < -0.4 is 5.32 Å². The number of rotatable bonds is 3. The highest BCUT2D eigenvalue weighted by molar-refractivity contribution is 9.10. The fourth-order valence-corrected chi connectivity index (χ4v) is 3.63. The zero-order chi connectivity index (χ0) is 15.6. The molecule has 0 bridgehead atoms. The third-order valence-corrected chi connectivity index (χ3v) is 4.89. The van der Waals surface area contributed by atoms with Crippen molar-refractivity contribution in [3.63, 3.8) is 0 Å². The Kier molecular flexibility index (Phi) is 5.35. The van der Waals surface area contributed by atoms with Gasteiger partial charge in [-0.05, 0) is 43.4 Å². The summed E-state index contributed by atoms with van der Waals surface area (Å²) in [4.78, 5) is 12.5. The second-order valence-electron chi connectivity index (χ2n) is 5.17. The Morgan fingerprint density at radius 2 is 2.05 bits per heavy atom.